The van der Waals surface area contributed by atoms with Crippen LogP contribution in [0.5, 0.6) is 0 Å². The van der Waals surface area contributed by atoms with E-state index >= 15 is 0 Å². The first kappa shape index (κ1) is 15.5. The number of anilines is 1. The lowest BCUT2D eigenvalue weighted by Gasteiger charge is -2.11. The lowest BCUT2D eigenvalue weighted by atomic mass is 10.2. The van der Waals surface area contributed by atoms with Gasteiger partial charge in [-0.2, -0.15) is 0 Å². The summed E-state index contributed by atoms with van der Waals surface area (Å²) in [5, 5.41) is 0. The number of benzene rings is 1. The highest BCUT2D eigenvalue weighted by molar-refractivity contribution is 7.94. The average Bonchev–Trinajstić information content (AvgIpc) is 3.19. The maximum Gasteiger partial charge on any atom is 0.271 e. The van der Waals surface area contributed by atoms with Gasteiger partial charge in [-0.15, -0.1) is 11.3 Å². The van der Waals surface area contributed by atoms with Crippen molar-refractivity contribution >= 4 is 27.0 Å². The molecule has 1 aromatic heterocycles. The Balaban J connectivity index is 1.74. The van der Waals surface area contributed by atoms with Crippen LogP contribution in [0.25, 0.3) is 0 Å². The Labute approximate surface area is 133 Å². The van der Waals surface area contributed by atoms with E-state index in [4.69, 9.17) is 9.47 Å². The summed E-state index contributed by atoms with van der Waals surface area (Å²) in [5.74, 6) is 0. The van der Waals surface area contributed by atoms with Crippen molar-refractivity contribution < 1.29 is 17.9 Å². The van der Waals surface area contributed by atoms with Gasteiger partial charge in [-0.25, -0.2) is 8.42 Å². The van der Waals surface area contributed by atoms with Gasteiger partial charge in [0.05, 0.1) is 13.2 Å². The Morgan fingerprint density at radius 1 is 1.14 bits per heavy atom. The molecule has 0 saturated carbocycles. The summed E-state index contributed by atoms with van der Waals surface area (Å²) in [6.07, 6.45) is 0.478. The predicted octanol–water partition coefficient (Wildman–Crippen LogP) is 3.16. The highest BCUT2D eigenvalue weighted by atomic mass is 32.2. The van der Waals surface area contributed by atoms with Crippen LogP contribution in [0.15, 0.2) is 40.6 Å². The van der Waals surface area contributed by atoms with Crippen LogP contribution in [-0.2, 0) is 25.9 Å². The molecule has 0 amide bonds. The maximum absolute atomic E-state index is 12.3. The Morgan fingerprint density at radius 3 is 2.41 bits per heavy atom. The third-order valence-electron chi connectivity index (χ3n) is 3.31. The van der Waals surface area contributed by atoms with Gasteiger partial charge in [-0.05, 0) is 30.7 Å². The van der Waals surface area contributed by atoms with Crippen molar-refractivity contribution in [2.75, 3.05) is 17.9 Å². The first-order valence-electron chi connectivity index (χ1n) is 7.03. The summed E-state index contributed by atoms with van der Waals surface area (Å²) in [6.45, 7) is 3.16. The quantitative estimate of drug-likeness (QED) is 0.909. The van der Waals surface area contributed by atoms with Gasteiger partial charge in [-0.3, -0.25) is 4.72 Å². The molecule has 22 heavy (non-hydrogen) atoms. The fourth-order valence-electron chi connectivity index (χ4n) is 2.16. The van der Waals surface area contributed by atoms with Crippen LogP contribution >= 0.6 is 11.3 Å². The molecule has 1 fully saturated rings. The van der Waals surface area contributed by atoms with E-state index in [1.807, 2.05) is 13.0 Å². The minimum absolute atomic E-state index is 0.330. The smallest absolute Gasteiger partial charge is 0.271 e. The molecule has 0 unspecified atom stereocenters. The minimum atomic E-state index is -3.53. The molecule has 3 rings (SSSR count). The van der Waals surface area contributed by atoms with Gasteiger partial charge in [0.1, 0.15) is 4.21 Å². The standard InChI is InChI=1S/C15H17NO4S2/c1-2-13-7-8-14(21-13)22(17,18)16-12-5-3-11(4-6-12)15-19-9-10-20-15/h3-8,15-16H,2,9-10H2,1H3. The van der Waals surface area contributed by atoms with E-state index in [9.17, 15) is 8.42 Å². The van der Waals surface area contributed by atoms with Crippen LogP contribution in [-0.4, -0.2) is 21.6 Å². The number of ether oxygens (including phenoxy) is 2. The zero-order valence-electron chi connectivity index (χ0n) is 12.1. The lowest BCUT2D eigenvalue weighted by Crippen LogP contribution is -2.11. The van der Waals surface area contributed by atoms with Crippen LogP contribution in [0, 0.1) is 0 Å². The summed E-state index contributed by atoms with van der Waals surface area (Å²) in [7, 11) is -3.53. The Bertz CT molecular complexity index is 731. The molecule has 7 heteroatoms. The summed E-state index contributed by atoms with van der Waals surface area (Å²) in [5.41, 5.74) is 1.40. The van der Waals surface area contributed by atoms with E-state index in [2.05, 4.69) is 4.72 Å². The van der Waals surface area contributed by atoms with Crippen molar-refractivity contribution in [1.82, 2.24) is 0 Å². The molecule has 0 aliphatic carbocycles. The van der Waals surface area contributed by atoms with Gasteiger partial charge >= 0.3 is 0 Å². The zero-order valence-corrected chi connectivity index (χ0v) is 13.7. The Kier molecular flexibility index (Phi) is 4.49. The largest absolute Gasteiger partial charge is 0.346 e. The third-order valence-corrected chi connectivity index (χ3v) is 6.41. The second kappa shape index (κ2) is 6.37. The van der Waals surface area contributed by atoms with Gasteiger partial charge in [-0.1, -0.05) is 19.1 Å². The normalized spacial score (nSPS) is 16.0. The van der Waals surface area contributed by atoms with Gasteiger partial charge in [0, 0.05) is 16.1 Å². The van der Waals surface area contributed by atoms with Gasteiger partial charge in [0.15, 0.2) is 6.29 Å². The number of sulfonamides is 1. The van der Waals surface area contributed by atoms with E-state index in [0.29, 0.717) is 23.1 Å². The lowest BCUT2D eigenvalue weighted by molar-refractivity contribution is -0.0441. The fraction of sp³-hybridized carbons (Fsp3) is 0.333. The number of hydrogen-bond acceptors (Lipinski definition) is 5. The van der Waals surface area contributed by atoms with Crippen LogP contribution in [0.4, 0.5) is 5.69 Å². The monoisotopic (exact) mass is 339 g/mol. The molecule has 1 saturated heterocycles. The third kappa shape index (κ3) is 3.33. The van der Waals surface area contributed by atoms with Crippen LogP contribution < -0.4 is 4.72 Å². The molecule has 118 valence electrons. The molecule has 2 heterocycles. The molecule has 1 aliphatic heterocycles. The molecule has 0 radical (unpaired) electrons. The summed E-state index contributed by atoms with van der Waals surface area (Å²) in [6, 6.07) is 10.5. The van der Waals surface area contributed by atoms with E-state index in [-0.39, 0.29) is 6.29 Å². The average molecular weight is 339 g/mol. The van der Waals surface area contributed by atoms with E-state index < -0.39 is 10.0 Å². The SMILES string of the molecule is CCc1ccc(S(=O)(=O)Nc2ccc(C3OCCO3)cc2)s1. The van der Waals surface area contributed by atoms with E-state index in [1.165, 1.54) is 11.3 Å². The highest BCUT2D eigenvalue weighted by Gasteiger charge is 2.19. The van der Waals surface area contributed by atoms with Crippen molar-refractivity contribution in [3.63, 3.8) is 0 Å². The Hall–Kier alpha value is -1.41. The molecule has 0 atom stereocenters. The molecule has 2 aromatic rings. The van der Waals surface area contributed by atoms with Gasteiger partial charge < -0.3 is 9.47 Å². The van der Waals surface area contributed by atoms with Crippen LogP contribution in [0.2, 0.25) is 0 Å². The van der Waals surface area contributed by atoms with Crippen molar-refractivity contribution in [3.05, 3.63) is 46.8 Å². The maximum atomic E-state index is 12.3. The molecule has 1 aromatic carbocycles. The fourth-order valence-corrected chi connectivity index (χ4v) is 4.51. The van der Waals surface area contributed by atoms with Crippen molar-refractivity contribution in [3.8, 4) is 0 Å². The van der Waals surface area contributed by atoms with Crippen molar-refractivity contribution in [2.45, 2.75) is 23.8 Å². The number of aryl methyl sites for hydroxylation is 1. The first-order chi connectivity index (χ1) is 10.6. The number of rotatable bonds is 5. The molecule has 5 nitrogen and oxygen atoms in total. The number of thiophene rings is 1. The van der Waals surface area contributed by atoms with Crippen LogP contribution in [0.1, 0.15) is 23.7 Å². The highest BCUT2D eigenvalue weighted by Crippen LogP contribution is 2.27. The van der Waals surface area contributed by atoms with Crippen LogP contribution in [0.3, 0.4) is 0 Å². The zero-order chi connectivity index (χ0) is 15.6. The van der Waals surface area contributed by atoms with Crippen molar-refractivity contribution in [2.24, 2.45) is 0 Å². The molecule has 0 spiro atoms. The summed E-state index contributed by atoms with van der Waals surface area (Å²) >= 11 is 1.29. The topological polar surface area (TPSA) is 64.6 Å². The first-order valence-corrected chi connectivity index (χ1v) is 9.33. The van der Waals surface area contributed by atoms with Gasteiger partial charge in [0.25, 0.3) is 10.0 Å². The predicted molar refractivity (Wildman–Crippen MR) is 85.6 cm³/mol. The summed E-state index contributed by atoms with van der Waals surface area (Å²) < 4.78 is 38.4. The number of hydrogen-bond donors (Lipinski definition) is 1. The molecule has 1 aliphatic rings. The second-order valence-corrected chi connectivity index (χ2v) is 7.95. The van der Waals surface area contributed by atoms with E-state index in [0.717, 1.165) is 16.9 Å². The minimum Gasteiger partial charge on any atom is -0.346 e. The van der Waals surface area contributed by atoms with Crippen molar-refractivity contribution in [1.29, 1.82) is 0 Å². The molecular formula is C15H17NO4S2. The molecule has 0 bridgehead atoms. The molecular weight excluding hydrogens is 322 g/mol. The van der Waals surface area contributed by atoms with E-state index in [1.54, 1.807) is 30.3 Å². The summed E-state index contributed by atoms with van der Waals surface area (Å²) in [4.78, 5) is 1.05. The second-order valence-electron chi connectivity index (χ2n) is 4.88. The molecule has 1 N–H and O–H groups in total. The number of nitrogens with one attached hydrogen (secondary N) is 1. The van der Waals surface area contributed by atoms with Gasteiger partial charge in [0.2, 0.25) is 0 Å². The Morgan fingerprint density at radius 2 is 1.82 bits per heavy atom.